The summed E-state index contributed by atoms with van der Waals surface area (Å²) < 4.78 is 6.13. The molecule has 2 rings (SSSR count). The van der Waals surface area contributed by atoms with Gasteiger partial charge in [0.05, 0.1) is 11.9 Å². The normalized spacial score (nSPS) is 10.2. The second-order valence-corrected chi connectivity index (χ2v) is 3.68. The van der Waals surface area contributed by atoms with Gasteiger partial charge in [0, 0.05) is 0 Å². The first-order valence-corrected chi connectivity index (χ1v) is 5.55. The van der Waals surface area contributed by atoms with Crippen LogP contribution in [0.3, 0.4) is 0 Å². The number of carbonyl (C=O) groups is 2. The molecule has 0 aromatic carbocycles. The SMILES string of the molecule is O=C(O)COCC(=O)Nc1ccc(-n2cncn2)nc1. The number of carboxylic acid groups (broad SMARTS) is 1. The van der Waals surface area contributed by atoms with E-state index in [-0.39, 0.29) is 6.61 Å². The highest BCUT2D eigenvalue weighted by Crippen LogP contribution is 2.08. The maximum atomic E-state index is 11.4. The summed E-state index contributed by atoms with van der Waals surface area (Å²) in [5, 5.41) is 14.8. The predicted octanol–water partition coefficient (Wildman–Crippen LogP) is -0.298. The minimum Gasteiger partial charge on any atom is -0.480 e. The lowest BCUT2D eigenvalue weighted by atomic mass is 10.4. The van der Waals surface area contributed by atoms with Crippen LogP contribution in [0.5, 0.6) is 0 Å². The Morgan fingerprint density at radius 2 is 2.20 bits per heavy atom. The summed E-state index contributed by atoms with van der Waals surface area (Å²) in [5.74, 6) is -1.03. The molecular weight excluding hydrogens is 266 g/mol. The summed E-state index contributed by atoms with van der Waals surface area (Å²) in [6, 6.07) is 3.29. The molecule has 9 heteroatoms. The fourth-order valence-electron chi connectivity index (χ4n) is 1.35. The van der Waals surface area contributed by atoms with Gasteiger partial charge in [-0.05, 0) is 12.1 Å². The largest absolute Gasteiger partial charge is 0.480 e. The molecule has 1 amide bonds. The number of aromatic nitrogens is 4. The topological polar surface area (TPSA) is 119 Å². The lowest BCUT2D eigenvalue weighted by molar-refractivity contribution is -0.143. The highest BCUT2D eigenvalue weighted by molar-refractivity contribution is 5.91. The van der Waals surface area contributed by atoms with Gasteiger partial charge in [-0.25, -0.2) is 19.4 Å². The van der Waals surface area contributed by atoms with Gasteiger partial charge in [-0.2, -0.15) is 5.10 Å². The number of anilines is 1. The van der Waals surface area contributed by atoms with E-state index < -0.39 is 18.5 Å². The highest BCUT2D eigenvalue weighted by atomic mass is 16.5. The van der Waals surface area contributed by atoms with Crippen LogP contribution in [0.4, 0.5) is 5.69 Å². The van der Waals surface area contributed by atoms with E-state index in [4.69, 9.17) is 5.11 Å². The number of hydrogen-bond donors (Lipinski definition) is 2. The second-order valence-electron chi connectivity index (χ2n) is 3.68. The fourth-order valence-corrected chi connectivity index (χ4v) is 1.35. The highest BCUT2D eigenvalue weighted by Gasteiger charge is 2.05. The Bertz CT molecular complexity index is 581. The van der Waals surface area contributed by atoms with Gasteiger partial charge < -0.3 is 15.2 Å². The molecule has 0 aliphatic heterocycles. The van der Waals surface area contributed by atoms with Crippen LogP contribution in [-0.4, -0.2) is 49.9 Å². The summed E-state index contributed by atoms with van der Waals surface area (Å²) in [5.41, 5.74) is 0.470. The van der Waals surface area contributed by atoms with Crippen LogP contribution in [-0.2, 0) is 14.3 Å². The molecule has 2 heterocycles. The average Bonchev–Trinajstić information content (AvgIpc) is 2.93. The van der Waals surface area contributed by atoms with Crippen molar-refractivity contribution in [2.75, 3.05) is 18.5 Å². The molecule has 0 aliphatic rings. The van der Waals surface area contributed by atoms with E-state index in [9.17, 15) is 9.59 Å². The van der Waals surface area contributed by atoms with Gasteiger partial charge in [0.15, 0.2) is 5.82 Å². The molecule has 9 nitrogen and oxygen atoms in total. The van der Waals surface area contributed by atoms with E-state index in [0.717, 1.165) is 0 Å². The number of nitrogens with one attached hydrogen (secondary N) is 1. The monoisotopic (exact) mass is 277 g/mol. The second kappa shape index (κ2) is 6.38. The number of ether oxygens (including phenoxy) is 1. The first kappa shape index (κ1) is 13.6. The Kier molecular flexibility index (Phi) is 4.35. The van der Waals surface area contributed by atoms with Gasteiger partial charge in [-0.15, -0.1) is 0 Å². The van der Waals surface area contributed by atoms with Crippen LogP contribution in [0.25, 0.3) is 5.82 Å². The van der Waals surface area contributed by atoms with Crippen molar-refractivity contribution in [2.24, 2.45) is 0 Å². The third-order valence-corrected chi connectivity index (χ3v) is 2.14. The molecule has 0 unspecified atom stereocenters. The fraction of sp³-hybridized carbons (Fsp3) is 0.182. The van der Waals surface area contributed by atoms with Gasteiger partial charge in [-0.3, -0.25) is 4.79 Å². The van der Waals surface area contributed by atoms with E-state index in [1.807, 2.05) is 0 Å². The molecule has 0 saturated carbocycles. The van der Waals surface area contributed by atoms with Crippen LogP contribution in [0.1, 0.15) is 0 Å². The molecule has 2 aromatic heterocycles. The molecular formula is C11H11N5O4. The van der Waals surface area contributed by atoms with E-state index in [1.54, 1.807) is 12.1 Å². The predicted molar refractivity (Wildman–Crippen MR) is 66.2 cm³/mol. The minimum absolute atomic E-state index is 0.336. The third kappa shape index (κ3) is 3.85. The molecule has 2 aromatic rings. The molecule has 0 atom stereocenters. The number of carboxylic acids is 1. The van der Waals surface area contributed by atoms with Gasteiger partial charge in [-0.1, -0.05) is 0 Å². The zero-order valence-corrected chi connectivity index (χ0v) is 10.3. The van der Waals surface area contributed by atoms with Gasteiger partial charge >= 0.3 is 5.97 Å². The van der Waals surface area contributed by atoms with Gasteiger partial charge in [0.1, 0.15) is 25.9 Å². The summed E-state index contributed by atoms with van der Waals surface area (Å²) in [6.07, 6.45) is 4.34. The summed E-state index contributed by atoms with van der Waals surface area (Å²) in [7, 11) is 0. The number of carbonyl (C=O) groups excluding carboxylic acids is 1. The Balaban J connectivity index is 1.87. The summed E-state index contributed by atoms with van der Waals surface area (Å²) in [6.45, 7) is -0.853. The molecule has 0 spiro atoms. The molecule has 0 aliphatic carbocycles. The van der Waals surface area contributed by atoms with E-state index in [0.29, 0.717) is 11.5 Å². The van der Waals surface area contributed by atoms with Gasteiger partial charge in [0.25, 0.3) is 0 Å². The standard InChI is InChI=1S/C11H11N5O4/c17-10(4-20-5-11(18)19)15-8-1-2-9(13-3-8)16-7-12-6-14-16/h1-3,6-7H,4-5H2,(H,15,17)(H,18,19). The molecule has 0 bridgehead atoms. The first-order valence-electron chi connectivity index (χ1n) is 5.55. The Hall–Kier alpha value is -2.81. The third-order valence-electron chi connectivity index (χ3n) is 2.14. The maximum Gasteiger partial charge on any atom is 0.329 e. The Labute approximate surface area is 113 Å². The number of nitrogens with zero attached hydrogens (tertiary/aromatic N) is 4. The zero-order valence-electron chi connectivity index (χ0n) is 10.3. The molecule has 20 heavy (non-hydrogen) atoms. The molecule has 0 radical (unpaired) electrons. The van der Waals surface area contributed by atoms with Crippen LogP contribution in [0, 0.1) is 0 Å². The molecule has 104 valence electrons. The summed E-state index contributed by atoms with van der Waals surface area (Å²) in [4.78, 5) is 29.5. The van der Waals surface area contributed by atoms with Crippen molar-refractivity contribution in [3.8, 4) is 5.82 Å². The first-order chi connectivity index (χ1) is 9.65. The van der Waals surface area contributed by atoms with E-state index in [2.05, 4.69) is 25.1 Å². The quantitative estimate of drug-likeness (QED) is 0.744. The maximum absolute atomic E-state index is 11.4. The van der Waals surface area contributed by atoms with E-state index in [1.165, 1.54) is 23.5 Å². The van der Waals surface area contributed by atoms with Crippen molar-refractivity contribution in [1.82, 2.24) is 19.7 Å². The zero-order chi connectivity index (χ0) is 14.4. The lowest BCUT2D eigenvalue weighted by Gasteiger charge is -2.05. The molecule has 0 saturated heterocycles. The van der Waals surface area contributed by atoms with Crippen molar-refractivity contribution in [3.05, 3.63) is 31.0 Å². The van der Waals surface area contributed by atoms with Crippen LogP contribution < -0.4 is 5.32 Å². The number of pyridine rings is 1. The summed E-state index contributed by atoms with van der Waals surface area (Å²) >= 11 is 0. The van der Waals surface area contributed by atoms with E-state index >= 15 is 0 Å². The smallest absolute Gasteiger partial charge is 0.329 e. The van der Waals surface area contributed by atoms with Crippen molar-refractivity contribution in [1.29, 1.82) is 0 Å². The van der Waals surface area contributed by atoms with Crippen molar-refractivity contribution in [2.45, 2.75) is 0 Å². The average molecular weight is 277 g/mol. The molecule has 0 fully saturated rings. The van der Waals surface area contributed by atoms with Crippen LogP contribution >= 0.6 is 0 Å². The molecule has 2 N–H and O–H groups in total. The van der Waals surface area contributed by atoms with Gasteiger partial charge in [0.2, 0.25) is 5.91 Å². The number of amides is 1. The lowest BCUT2D eigenvalue weighted by Crippen LogP contribution is -2.20. The number of hydrogen-bond acceptors (Lipinski definition) is 6. The van der Waals surface area contributed by atoms with Crippen LogP contribution in [0.2, 0.25) is 0 Å². The Morgan fingerprint density at radius 1 is 1.35 bits per heavy atom. The Morgan fingerprint density at radius 3 is 2.80 bits per heavy atom. The van der Waals surface area contributed by atoms with Crippen molar-refractivity contribution in [3.63, 3.8) is 0 Å². The minimum atomic E-state index is -1.13. The number of aliphatic carboxylic acids is 1. The van der Waals surface area contributed by atoms with Crippen molar-refractivity contribution < 1.29 is 19.4 Å². The van der Waals surface area contributed by atoms with Crippen molar-refractivity contribution >= 4 is 17.6 Å². The van der Waals surface area contributed by atoms with Crippen LogP contribution in [0.15, 0.2) is 31.0 Å². The number of rotatable bonds is 6.